The first-order chi connectivity index (χ1) is 8.24. The van der Waals surface area contributed by atoms with E-state index >= 15 is 0 Å². The molecule has 0 N–H and O–H groups in total. The molecule has 92 valence electrons. The van der Waals surface area contributed by atoms with E-state index in [0.717, 1.165) is 37.6 Å². The lowest BCUT2D eigenvalue weighted by Gasteiger charge is -2.29. The molecule has 1 amide bonds. The Bertz CT molecular complexity index is 415. The number of nitrogens with zero attached hydrogens (tertiary/aromatic N) is 2. The molecule has 0 unspecified atom stereocenters. The Morgan fingerprint density at radius 2 is 2.06 bits per heavy atom. The van der Waals surface area contributed by atoms with Gasteiger partial charge in [-0.15, -0.1) is 0 Å². The Kier molecular flexibility index (Phi) is 2.65. The maximum absolute atomic E-state index is 12.2. The van der Waals surface area contributed by atoms with E-state index in [-0.39, 0.29) is 5.91 Å². The van der Waals surface area contributed by atoms with Crippen LogP contribution in [-0.4, -0.2) is 29.1 Å². The van der Waals surface area contributed by atoms with Crippen molar-refractivity contribution in [3.8, 4) is 0 Å². The van der Waals surface area contributed by atoms with E-state index in [4.69, 9.17) is 4.52 Å². The number of rotatable bonds is 2. The monoisotopic (exact) mass is 234 g/mol. The fourth-order valence-electron chi connectivity index (χ4n) is 2.32. The number of carbonyl (C=O) groups is 1. The third-order valence-electron chi connectivity index (χ3n) is 3.80. The Balaban J connectivity index is 1.67. The fourth-order valence-corrected chi connectivity index (χ4v) is 2.32. The van der Waals surface area contributed by atoms with Crippen molar-refractivity contribution in [2.24, 2.45) is 5.92 Å². The zero-order valence-corrected chi connectivity index (χ0v) is 10.2. The lowest BCUT2D eigenvalue weighted by Crippen LogP contribution is -2.38. The van der Waals surface area contributed by atoms with Gasteiger partial charge in [0.2, 0.25) is 0 Å². The van der Waals surface area contributed by atoms with E-state index in [1.54, 1.807) is 0 Å². The quantitative estimate of drug-likeness (QED) is 0.789. The Hall–Kier alpha value is -1.32. The second-order valence-corrected chi connectivity index (χ2v) is 5.36. The lowest BCUT2D eigenvalue weighted by atomic mass is 9.99. The second-order valence-electron chi connectivity index (χ2n) is 5.36. The molecule has 0 spiro atoms. The van der Waals surface area contributed by atoms with Gasteiger partial charge in [-0.25, -0.2) is 0 Å². The second kappa shape index (κ2) is 4.17. The summed E-state index contributed by atoms with van der Waals surface area (Å²) in [6, 6.07) is 1.83. The molecule has 0 aromatic carbocycles. The van der Waals surface area contributed by atoms with Gasteiger partial charge in [-0.3, -0.25) is 4.79 Å². The SMILES string of the molecule is CC1CCN(C(=O)c2cc(C3CC3)on2)CC1. The van der Waals surface area contributed by atoms with Gasteiger partial charge in [0, 0.05) is 25.1 Å². The summed E-state index contributed by atoms with van der Waals surface area (Å²) in [5.41, 5.74) is 0.487. The molecular formula is C13H18N2O2. The van der Waals surface area contributed by atoms with E-state index in [9.17, 15) is 4.79 Å². The van der Waals surface area contributed by atoms with Crippen LogP contribution in [0.5, 0.6) is 0 Å². The van der Waals surface area contributed by atoms with Crippen LogP contribution in [0.15, 0.2) is 10.6 Å². The molecule has 17 heavy (non-hydrogen) atoms. The summed E-state index contributed by atoms with van der Waals surface area (Å²) in [7, 11) is 0. The van der Waals surface area contributed by atoms with Crippen molar-refractivity contribution in [1.82, 2.24) is 10.1 Å². The number of carbonyl (C=O) groups excluding carboxylic acids is 1. The summed E-state index contributed by atoms with van der Waals surface area (Å²) in [6.45, 7) is 3.94. The minimum absolute atomic E-state index is 0.0348. The van der Waals surface area contributed by atoms with Crippen molar-refractivity contribution >= 4 is 5.91 Å². The molecule has 4 nitrogen and oxygen atoms in total. The van der Waals surface area contributed by atoms with Gasteiger partial charge in [-0.05, 0) is 31.6 Å². The molecule has 1 aliphatic carbocycles. The smallest absolute Gasteiger partial charge is 0.276 e. The van der Waals surface area contributed by atoms with Gasteiger partial charge in [0.05, 0.1) is 0 Å². The molecule has 1 aromatic rings. The molecule has 3 rings (SSSR count). The van der Waals surface area contributed by atoms with Gasteiger partial charge in [0.25, 0.3) is 5.91 Å². The number of hydrogen-bond acceptors (Lipinski definition) is 3. The summed E-state index contributed by atoms with van der Waals surface area (Å²) in [4.78, 5) is 14.1. The van der Waals surface area contributed by atoms with Crippen LogP contribution in [0.2, 0.25) is 0 Å². The van der Waals surface area contributed by atoms with Crippen LogP contribution in [0.1, 0.15) is 54.8 Å². The maximum Gasteiger partial charge on any atom is 0.276 e. The predicted molar refractivity (Wildman–Crippen MR) is 62.8 cm³/mol. The molecule has 1 saturated carbocycles. The van der Waals surface area contributed by atoms with E-state index in [0.29, 0.717) is 11.6 Å². The fraction of sp³-hybridized carbons (Fsp3) is 0.692. The van der Waals surface area contributed by atoms with E-state index < -0.39 is 0 Å². The van der Waals surface area contributed by atoms with Crippen molar-refractivity contribution < 1.29 is 9.32 Å². The van der Waals surface area contributed by atoms with Crippen molar-refractivity contribution in [3.63, 3.8) is 0 Å². The molecule has 2 heterocycles. The Morgan fingerprint density at radius 3 is 2.71 bits per heavy atom. The van der Waals surface area contributed by atoms with Gasteiger partial charge in [0.15, 0.2) is 5.69 Å². The lowest BCUT2D eigenvalue weighted by molar-refractivity contribution is 0.0686. The highest BCUT2D eigenvalue weighted by molar-refractivity contribution is 5.92. The first-order valence-electron chi connectivity index (χ1n) is 6.50. The highest BCUT2D eigenvalue weighted by atomic mass is 16.5. The molecular weight excluding hydrogens is 216 g/mol. The molecule has 2 fully saturated rings. The van der Waals surface area contributed by atoms with Gasteiger partial charge >= 0.3 is 0 Å². The Labute approximate surface area is 101 Å². The summed E-state index contributed by atoms with van der Waals surface area (Å²) >= 11 is 0. The zero-order chi connectivity index (χ0) is 11.8. The normalized spacial score (nSPS) is 21.8. The number of likely N-dealkylation sites (tertiary alicyclic amines) is 1. The highest BCUT2D eigenvalue weighted by Gasteiger charge is 2.30. The van der Waals surface area contributed by atoms with Crippen LogP contribution in [0.3, 0.4) is 0 Å². The maximum atomic E-state index is 12.2. The van der Waals surface area contributed by atoms with Crippen molar-refractivity contribution in [1.29, 1.82) is 0 Å². The van der Waals surface area contributed by atoms with Gasteiger partial charge in [-0.2, -0.15) is 0 Å². The summed E-state index contributed by atoms with van der Waals surface area (Å²) in [5.74, 6) is 2.18. The van der Waals surface area contributed by atoms with Crippen LogP contribution in [-0.2, 0) is 0 Å². The topological polar surface area (TPSA) is 46.3 Å². The summed E-state index contributed by atoms with van der Waals surface area (Å²) in [5, 5.41) is 3.91. The summed E-state index contributed by atoms with van der Waals surface area (Å²) < 4.78 is 5.22. The number of aromatic nitrogens is 1. The van der Waals surface area contributed by atoms with E-state index in [1.165, 1.54) is 12.8 Å². The van der Waals surface area contributed by atoms with Crippen LogP contribution in [0.25, 0.3) is 0 Å². The van der Waals surface area contributed by atoms with Gasteiger partial charge in [-0.1, -0.05) is 12.1 Å². The number of amides is 1. The average Bonchev–Trinajstić information content (AvgIpc) is 3.07. The third kappa shape index (κ3) is 2.21. The van der Waals surface area contributed by atoms with Gasteiger partial charge < -0.3 is 9.42 Å². The molecule has 1 aromatic heterocycles. The van der Waals surface area contributed by atoms with E-state index in [2.05, 4.69) is 12.1 Å². The van der Waals surface area contributed by atoms with Crippen molar-refractivity contribution in [2.45, 2.75) is 38.5 Å². The van der Waals surface area contributed by atoms with Crippen molar-refractivity contribution in [3.05, 3.63) is 17.5 Å². The molecule has 1 saturated heterocycles. The van der Waals surface area contributed by atoms with Crippen LogP contribution in [0, 0.1) is 5.92 Å². The van der Waals surface area contributed by atoms with E-state index in [1.807, 2.05) is 11.0 Å². The van der Waals surface area contributed by atoms with Gasteiger partial charge in [0.1, 0.15) is 5.76 Å². The first-order valence-corrected chi connectivity index (χ1v) is 6.50. The number of hydrogen-bond donors (Lipinski definition) is 0. The Morgan fingerprint density at radius 1 is 1.35 bits per heavy atom. The molecule has 0 atom stereocenters. The van der Waals surface area contributed by atoms with Crippen LogP contribution < -0.4 is 0 Å². The highest BCUT2D eigenvalue weighted by Crippen LogP contribution is 2.40. The predicted octanol–water partition coefficient (Wildman–Crippen LogP) is 2.42. The molecule has 0 bridgehead atoms. The number of piperidine rings is 1. The molecule has 0 radical (unpaired) electrons. The summed E-state index contributed by atoms with van der Waals surface area (Å²) in [6.07, 6.45) is 4.53. The minimum Gasteiger partial charge on any atom is -0.360 e. The largest absolute Gasteiger partial charge is 0.360 e. The first kappa shape index (κ1) is 10.8. The van der Waals surface area contributed by atoms with Crippen LogP contribution >= 0.6 is 0 Å². The molecule has 2 aliphatic rings. The molecule has 1 aliphatic heterocycles. The molecule has 4 heteroatoms. The van der Waals surface area contributed by atoms with Crippen molar-refractivity contribution in [2.75, 3.05) is 13.1 Å². The average molecular weight is 234 g/mol. The minimum atomic E-state index is 0.0348. The van der Waals surface area contributed by atoms with Crippen LogP contribution in [0.4, 0.5) is 0 Å². The zero-order valence-electron chi connectivity index (χ0n) is 10.2. The third-order valence-corrected chi connectivity index (χ3v) is 3.80. The standard InChI is InChI=1S/C13H18N2O2/c1-9-4-6-15(7-5-9)13(16)11-8-12(17-14-11)10-2-3-10/h8-10H,2-7H2,1H3.